The van der Waals surface area contributed by atoms with Crippen molar-refractivity contribution in [2.45, 2.75) is 6.92 Å². The molecule has 0 aliphatic heterocycles. The van der Waals surface area contributed by atoms with Gasteiger partial charge in [-0.25, -0.2) is 0 Å². The Hall–Kier alpha value is -2.68. The molecule has 0 unspecified atom stereocenters. The lowest BCUT2D eigenvalue weighted by atomic mass is 10.2. The van der Waals surface area contributed by atoms with Crippen LogP contribution >= 0.6 is 11.3 Å². The van der Waals surface area contributed by atoms with E-state index in [1.807, 2.05) is 0 Å². The van der Waals surface area contributed by atoms with E-state index in [2.05, 4.69) is 20.6 Å². The Labute approximate surface area is 129 Å². The zero-order valence-corrected chi connectivity index (χ0v) is 13.0. The lowest BCUT2D eigenvalue weighted by Gasteiger charge is -2.09. The summed E-state index contributed by atoms with van der Waals surface area (Å²) in [5.74, 6) is 1.45. The number of methoxy groups -OCH3 is 2. The Bertz CT molecular complexity index is 841. The summed E-state index contributed by atoms with van der Waals surface area (Å²) in [5.41, 5.74) is 0.588. The topological polar surface area (TPSA) is 90.6 Å². The fourth-order valence-corrected chi connectivity index (χ4v) is 2.69. The van der Waals surface area contributed by atoms with Crippen LogP contribution in [0.3, 0.4) is 0 Å². The zero-order valence-electron chi connectivity index (χ0n) is 12.2. The van der Waals surface area contributed by atoms with Crippen LogP contribution in [-0.2, 0) is 0 Å². The first kappa shape index (κ1) is 14.3. The third-order valence-electron chi connectivity index (χ3n) is 2.98. The molecule has 0 atom stereocenters. The minimum Gasteiger partial charge on any atom is -0.493 e. The van der Waals surface area contributed by atoms with Crippen LogP contribution in [0.5, 0.6) is 11.5 Å². The van der Waals surface area contributed by atoms with Gasteiger partial charge in [0.25, 0.3) is 5.91 Å². The summed E-state index contributed by atoms with van der Waals surface area (Å²) >= 11 is 1.17. The summed E-state index contributed by atoms with van der Waals surface area (Å²) in [7, 11) is 3.09. The minimum atomic E-state index is -0.317. The second kappa shape index (κ2) is 5.60. The van der Waals surface area contributed by atoms with E-state index in [0.717, 1.165) is 0 Å². The Morgan fingerprint density at radius 3 is 2.68 bits per heavy atom. The van der Waals surface area contributed by atoms with Gasteiger partial charge in [0.2, 0.25) is 9.97 Å². The van der Waals surface area contributed by atoms with Gasteiger partial charge in [-0.05, 0) is 19.1 Å². The van der Waals surface area contributed by atoms with Gasteiger partial charge in [-0.15, -0.1) is 15.3 Å². The molecule has 0 radical (unpaired) electrons. The zero-order chi connectivity index (χ0) is 15.7. The molecule has 1 aromatic carbocycles. The molecule has 114 valence electrons. The fourth-order valence-electron chi connectivity index (χ4n) is 1.91. The molecular weight excluding hydrogens is 306 g/mol. The molecule has 0 fully saturated rings. The van der Waals surface area contributed by atoms with Gasteiger partial charge < -0.3 is 14.8 Å². The number of fused-ring (bicyclic) bond motifs is 1. The number of aryl methyl sites for hydroxylation is 1. The predicted octanol–water partition coefficient (Wildman–Crippen LogP) is 1.76. The SMILES string of the molecule is COc1ccc(NC(=O)c2nn3c(C)nnc3s2)cc1OC. The maximum atomic E-state index is 12.3. The molecule has 1 amide bonds. The monoisotopic (exact) mass is 319 g/mol. The Morgan fingerprint density at radius 2 is 2.00 bits per heavy atom. The van der Waals surface area contributed by atoms with Crippen LogP contribution < -0.4 is 14.8 Å². The van der Waals surface area contributed by atoms with Gasteiger partial charge in [0, 0.05) is 11.8 Å². The van der Waals surface area contributed by atoms with Crippen molar-refractivity contribution < 1.29 is 14.3 Å². The molecule has 3 rings (SSSR count). The molecule has 1 N–H and O–H groups in total. The molecule has 0 aliphatic carbocycles. The van der Waals surface area contributed by atoms with E-state index in [1.54, 1.807) is 32.2 Å². The van der Waals surface area contributed by atoms with E-state index in [1.165, 1.54) is 23.0 Å². The van der Waals surface area contributed by atoms with Crippen LogP contribution in [0.25, 0.3) is 4.96 Å². The molecule has 0 saturated heterocycles. The average molecular weight is 319 g/mol. The highest BCUT2D eigenvalue weighted by Crippen LogP contribution is 2.30. The van der Waals surface area contributed by atoms with Gasteiger partial charge in [-0.2, -0.15) is 4.52 Å². The van der Waals surface area contributed by atoms with Crippen molar-refractivity contribution in [1.29, 1.82) is 0 Å². The molecular formula is C13H13N5O3S. The molecule has 22 heavy (non-hydrogen) atoms. The van der Waals surface area contributed by atoms with Crippen LogP contribution in [0.2, 0.25) is 0 Å². The number of hydrogen-bond acceptors (Lipinski definition) is 7. The first-order chi connectivity index (χ1) is 10.6. The minimum absolute atomic E-state index is 0.308. The average Bonchev–Trinajstić information content (AvgIpc) is 3.09. The summed E-state index contributed by atoms with van der Waals surface area (Å²) in [4.78, 5) is 12.8. The summed E-state index contributed by atoms with van der Waals surface area (Å²) in [6, 6.07) is 5.13. The largest absolute Gasteiger partial charge is 0.493 e. The summed E-state index contributed by atoms with van der Waals surface area (Å²) < 4.78 is 11.9. The summed E-state index contributed by atoms with van der Waals surface area (Å²) in [6.45, 7) is 1.77. The van der Waals surface area contributed by atoms with Crippen molar-refractivity contribution in [3.63, 3.8) is 0 Å². The van der Waals surface area contributed by atoms with Crippen LogP contribution in [-0.4, -0.2) is 39.9 Å². The lowest BCUT2D eigenvalue weighted by molar-refractivity contribution is 0.102. The van der Waals surface area contributed by atoms with Gasteiger partial charge in [0.1, 0.15) is 0 Å². The number of amides is 1. The molecule has 8 nitrogen and oxygen atoms in total. The van der Waals surface area contributed by atoms with Crippen LogP contribution in [0, 0.1) is 6.92 Å². The smallest absolute Gasteiger partial charge is 0.286 e. The van der Waals surface area contributed by atoms with Gasteiger partial charge in [0.05, 0.1) is 14.2 Å². The van der Waals surface area contributed by atoms with Crippen LogP contribution in [0.4, 0.5) is 5.69 Å². The number of nitrogens with one attached hydrogen (secondary N) is 1. The molecule has 2 heterocycles. The van der Waals surface area contributed by atoms with Gasteiger partial charge in [-0.3, -0.25) is 4.79 Å². The Kier molecular flexibility index (Phi) is 3.63. The van der Waals surface area contributed by atoms with E-state index in [-0.39, 0.29) is 5.91 Å². The molecule has 0 spiro atoms. The number of aromatic nitrogens is 4. The van der Waals surface area contributed by atoms with E-state index in [0.29, 0.717) is 33.0 Å². The predicted molar refractivity (Wildman–Crippen MR) is 80.9 cm³/mol. The molecule has 9 heteroatoms. The van der Waals surface area contributed by atoms with Crippen molar-refractivity contribution >= 4 is 27.9 Å². The quantitative estimate of drug-likeness (QED) is 0.788. The van der Waals surface area contributed by atoms with Gasteiger partial charge in [0.15, 0.2) is 17.3 Å². The first-order valence-corrected chi connectivity index (χ1v) is 7.16. The molecule has 0 aliphatic rings. The number of hydrogen-bond donors (Lipinski definition) is 1. The second-order valence-electron chi connectivity index (χ2n) is 4.37. The van der Waals surface area contributed by atoms with Crippen molar-refractivity contribution in [3.8, 4) is 11.5 Å². The van der Waals surface area contributed by atoms with E-state index in [4.69, 9.17) is 9.47 Å². The summed E-state index contributed by atoms with van der Waals surface area (Å²) in [6.07, 6.45) is 0. The third-order valence-corrected chi connectivity index (χ3v) is 3.88. The molecule has 0 bridgehead atoms. The highest BCUT2D eigenvalue weighted by Gasteiger charge is 2.16. The highest BCUT2D eigenvalue weighted by atomic mass is 32.1. The van der Waals surface area contributed by atoms with Gasteiger partial charge >= 0.3 is 0 Å². The number of carbonyl (C=O) groups is 1. The number of anilines is 1. The highest BCUT2D eigenvalue weighted by molar-refractivity contribution is 7.18. The van der Waals surface area contributed by atoms with Crippen molar-refractivity contribution in [2.24, 2.45) is 0 Å². The number of rotatable bonds is 4. The van der Waals surface area contributed by atoms with Crippen molar-refractivity contribution in [1.82, 2.24) is 19.8 Å². The fraction of sp³-hybridized carbons (Fsp3) is 0.231. The maximum Gasteiger partial charge on any atom is 0.286 e. The lowest BCUT2D eigenvalue weighted by Crippen LogP contribution is -2.12. The van der Waals surface area contributed by atoms with Crippen molar-refractivity contribution in [3.05, 3.63) is 29.0 Å². The Morgan fingerprint density at radius 1 is 1.23 bits per heavy atom. The van der Waals surface area contributed by atoms with Crippen LogP contribution in [0.1, 0.15) is 15.6 Å². The van der Waals surface area contributed by atoms with E-state index < -0.39 is 0 Å². The molecule has 3 aromatic rings. The number of carbonyl (C=O) groups excluding carboxylic acids is 1. The standard InChI is InChI=1S/C13H13N5O3S/c1-7-15-16-13-18(7)17-12(22-13)11(19)14-8-4-5-9(20-2)10(6-8)21-3/h4-6H,1-3H3,(H,14,19). The molecule has 0 saturated carbocycles. The second-order valence-corrected chi connectivity index (χ2v) is 5.33. The molecule has 2 aromatic heterocycles. The number of ether oxygens (including phenoxy) is 2. The van der Waals surface area contributed by atoms with Crippen LogP contribution in [0.15, 0.2) is 18.2 Å². The Balaban J connectivity index is 1.84. The van der Waals surface area contributed by atoms with E-state index >= 15 is 0 Å². The first-order valence-electron chi connectivity index (χ1n) is 6.34. The van der Waals surface area contributed by atoms with E-state index in [9.17, 15) is 4.79 Å². The van der Waals surface area contributed by atoms with Crippen molar-refractivity contribution in [2.75, 3.05) is 19.5 Å². The third kappa shape index (κ3) is 2.46. The van der Waals surface area contributed by atoms with Gasteiger partial charge in [-0.1, -0.05) is 11.3 Å². The summed E-state index contributed by atoms with van der Waals surface area (Å²) in [5, 5.41) is 15.1. The number of nitrogens with zero attached hydrogens (tertiary/aromatic N) is 4. The normalized spacial score (nSPS) is 10.7. The maximum absolute atomic E-state index is 12.3. The number of benzene rings is 1.